The number of sulfonamides is 1. The smallest absolute Gasteiger partial charge is 0.325 e. The van der Waals surface area contributed by atoms with E-state index in [1.54, 1.807) is 19.1 Å². The van der Waals surface area contributed by atoms with Crippen LogP contribution in [0.1, 0.15) is 18.5 Å². The Morgan fingerprint density at radius 1 is 1.19 bits per heavy atom. The third-order valence-corrected chi connectivity index (χ3v) is 5.63. The van der Waals surface area contributed by atoms with Gasteiger partial charge >= 0.3 is 5.97 Å². The number of piperazine rings is 1. The summed E-state index contributed by atoms with van der Waals surface area (Å²) in [7, 11) is -3.20. The van der Waals surface area contributed by atoms with Gasteiger partial charge in [0.2, 0.25) is 10.0 Å². The van der Waals surface area contributed by atoms with Crippen LogP contribution in [-0.2, 0) is 14.8 Å². The topological polar surface area (TPSA) is 77.9 Å². The van der Waals surface area contributed by atoms with Gasteiger partial charge in [0.25, 0.3) is 0 Å². The Morgan fingerprint density at radius 2 is 1.76 bits per heavy atom. The molecule has 7 heteroatoms. The van der Waals surface area contributed by atoms with Crippen LogP contribution in [0.15, 0.2) is 30.3 Å². The predicted octanol–water partition coefficient (Wildman–Crippen LogP) is 0.780. The van der Waals surface area contributed by atoms with Crippen molar-refractivity contribution in [3.63, 3.8) is 0 Å². The number of carbonyl (C=O) groups is 1. The van der Waals surface area contributed by atoms with Crippen molar-refractivity contribution in [1.82, 2.24) is 9.21 Å². The van der Waals surface area contributed by atoms with Gasteiger partial charge in [0.1, 0.15) is 6.04 Å². The van der Waals surface area contributed by atoms with Crippen LogP contribution in [0, 0.1) is 0 Å². The lowest BCUT2D eigenvalue weighted by Gasteiger charge is -2.37. The standard InChI is InChI=1S/C14H20N2O4S/c1-2-21(19,20)16-10-8-15(9-11-16)13(14(17)18)12-6-4-3-5-7-12/h3-7,13H,2,8-11H2,1H3,(H,17,18). The zero-order chi connectivity index (χ0) is 15.5. The third-order valence-electron chi connectivity index (χ3n) is 3.75. The molecule has 1 aromatic rings. The Morgan fingerprint density at radius 3 is 2.24 bits per heavy atom. The monoisotopic (exact) mass is 312 g/mol. The highest BCUT2D eigenvalue weighted by Crippen LogP contribution is 2.23. The van der Waals surface area contributed by atoms with E-state index in [1.165, 1.54) is 4.31 Å². The fraction of sp³-hybridized carbons (Fsp3) is 0.500. The molecule has 1 N–H and O–H groups in total. The molecule has 1 fully saturated rings. The summed E-state index contributed by atoms with van der Waals surface area (Å²) in [4.78, 5) is 13.4. The fourth-order valence-electron chi connectivity index (χ4n) is 2.57. The minimum Gasteiger partial charge on any atom is -0.480 e. The first-order valence-electron chi connectivity index (χ1n) is 6.95. The largest absolute Gasteiger partial charge is 0.480 e. The summed E-state index contributed by atoms with van der Waals surface area (Å²) in [6.45, 7) is 3.14. The maximum Gasteiger partial charge on any atom is 0.325 e. The van der Waals surface area contributed by atoms with Gasteiger partial charge in [-0.05, 0) is 12.5 Å². The van der Waals surface area contributed by atoms with Gasteiger partial charge < -0.3 is 5.11 Å². The molecule has 1 atom stereocenters. The molecule has 21 heavy (non-hydrogen) atoms. The lowest BCUT2D eigenvalue weighted by Crippen LogP contribution is -2.51. The van der Waals surface area contributed by atoms with Gasteiger partial charge in [-0.3, -0.25) is 9.69 Å². The maximum absolute atomic E-state index is 11.8. The molecular weight excluding hydrogens is 292 g/mol. The number of nitrogens with zero attached hydrogens (tertiary/aromatic N) is 2. The van der Waals surface area contributed by atoms with Gasteiger partial charge in [0, 0.05) is 26.2 Å². The Labute approximate surface area is 125 Å². The first kappa shape index (κ1) is 15.9. The van der Waals surface area contributed by atoms with E-state index in [9.17, 15) is 18.3 Å². The highest BCUT2D eigenvalue weighted by Gasteiger charge is 2.32. The number of hydrogen-bond donors (Lipinski definition) is 1. The van der Waals surface area contributed by atoms with E-state index in [2.05, 4.69) is 0 Å². The van der Waals surface area contributed by atoms with Crippen LogP contribution in [-0.4, -0.2) is 60.6 Å². The minimum atomic E-state index is -3.20. The zero-order valence-electron chi connectivity index (χ0n) is 12.0. The number of hydrogen-bond acceptors (Lipinski definition) is 4. The van der Waals surface area contributed by atoms with Gasteiger partial charge in [-0.2, -0.15) is 4.31 Å². The van der Waals surface area contributed by atoms with Crippen molar-refractivity contribution in [2.75, 3.05) is 31.9 Å². The van der Waals surface area contributed by atoms with Crippen molar-refractivity contribution in [3.05, 3.63) is 35.9 Å². The summed E-state index contributed by atoms with van der Waals surface area (Å²) in [6, 6.07) is 8.31. The second kappa shape index (κ2) is 6.55. The van der Waals surface area contributed by atoms with Gasteiger partial charge in [0.15, 0.2) is 0 Å². The van der Waals surface area contributed by atoms with Crippen LogP contribution in [0.2, 0.25) is 0 Å². The molecule has 1 aliphatic rings. The number of carboxylic acid groups (broad SMARTS) is 1. The molecule has 1 heterocycles. The van der Waals surface area contributed by atoms with E-state index in [0.717, 1.165) is 5.56 Å². The molecule has 2 rings (SSSR count). The molecule has 1 unspecified atom stereocenters. The van der Waals surface area contributed by atoms with Gasteiger partial charge in [-0.1, -0.05) is 30.3 Å². The lowest BCUT2D eigenvalue weighted by molar-refractivity contribution is -0.144. The summed E-state index contributed by atoms with van der Waals surface area (Å²) in [5, 5.41) is 9.48. The molecule has 0 amide bonds. The van der Waals surface area contributed by atoms with E-state index in [4.69, 9.17) is 0 Å². The molecule has 1 saturated heterocycles. The molecule has 0 radical (unpaired) electrons. The molecule has 0 spiro atoms. The fourth-order valence-corrected chi connectivity index (χ4v) is 3.65. The van der Waals surface area contributed by atoms with Crippen molar-refractivity contribution in [1.29, 1.82) is 0 Å². The normalized spacial score (nSPS) is 19.3. The molecule has 0 aromatic heterocycles. The zero-order valence-corrected chi connectivity index (χ0v) is 12.8. The first-order chi connectivity index (χ1) is 9.95. The van der Waals surface area contributed by atoms with Crippen LogP contribution in [0.4, 0.5) is 0 Å². The Bertz CT molecular complexity index is 580. The molecule has 1 aromatic carbocycles. The lowest BCUT2D eigenvalue weighted by atomic mass is 10.0. The van der Waals surface area contributed by atoms with E-state index in [-0.39, 0.29) is 5.75 Å². The van der Waals surface area contributed by atoms with Crippen molar-refractivity contribution >= 4 is 16.0 Å². The molecule has 116 valence electrons. The molecular formula is C14H20N2O4S. The van der Waals surface area contributed by atoms with Gasteiger partial charge in [-0.25, -0.2) is 8.42 Å². The Hall–Kier alpha value is -1.44. The summed E-state index contributed by atoms with van der Waals surface area (Å²) < 4.78 is 25.1. The summed E-state index contributed by atoms with van der Waals surface area (Å²) in [5.74, 6) is -0.832. The number of benzene rings is 1. The van der Waals surface area contributed by atoms with Crippen molar-refractivity contribution in [2.45, 2.75) is 13.0 Å². The van der Waals surface area contributed by atoms with E-state index in [0.29, 0.717) is 26.2 Å². The van der Waals surface area contributed by atoms with Crippen LogP contribution >= 0.6 is 0 Å². The van der Waals surface area contributed by atoms with Crippen molar-refractivity contribution in [2.24, 2.45) is 0 Å². The van der Waals surface area contributed by atoms with E-state index >= 15 is 0 Å². The predicted molar refractivity (Wildman–Crippen MR) is 79.4 cm³/mol. The maximum atomic E-state index is 11.8. The quantitative estimate of drug-likeness (QED) is 0.869. The molecule has 0 bridgehead atoms. The average Bonchev–Trinajstić information content (AvgIpc) is 2.49. The van der Waals surface area contributed by atoms with Crippen LogP contribution < -0.4 is 0 Å². The summed E-state index contributed by atoms with van der Waals surface area (Å²) in [5.41, 5.74) is 0.719. The average molecular weight is 312 g/mol. The number of aliphatic carboxylic acids is 1. The van der Waals surface area contributed by atoms with Gasteiger partial charge in [0.05, 0.1) is 5.75 Å². The second-order valence-electron chi connectivity index (χ2n) is 4.99. The van der Waals surface area contributed by atoms with Crippen LogP contribution in [0.25, 0.3) is 0 Å². The van der Waals surface area contributed by atoms with Crippen LogP contribution in [0.3, 0.4) is 0 Å². The Balaban J connectivity index is 2.11. The molecule has 0 saturated carbocycles. The van der Waals surface area contributed by atoms with Gasteiger partial charge in [-0.15, -0.1) is 0 Å². The minimum absolute atomic E-state index is 0.0774. The van der Waals surface area contributed by atoms with Crippen molar-refractivity contribution in [3.8, 4) is 0 Å². The number of carboxylic acids is 1. The SMILES string of the molecule is CCS(=O)(=O)N1CCN(C(C(=O)O)c2ccccc2)CC1. The highest BCUT2D eigenvalue weighted by molar-refractivity contribution is 7.89. The highest BCUT2D eigenvalue weighted by atomic mass is 32.2. The Kier molecular flexibility index (Phi) is 4.97. The summed E-state index contributed by atoms with van der Waals surface area (Å²) in [6.07, 6.45) is 0. The van der Waals surface area contributed by atoms with Crippen LogP contribution in [0.5, 0.6) is 0 Å². The van der Waals surface area contributed by atoms with Crippen molar-refractivity contribution < 1.29 is 18.3 Å². The molecule has 0 aliphatic carbocycles. The first-order valence-corrected chi connectivity index (χ1v) is 8.56. The molecule has 6 nitrogen and oxygen atoms in total. The second-order valence-corrected chi connectivity index (χ2v) is 7.24. The third kappa shape index (κ3) is 3.61. The van der Waals surface area contributed by atoms with E-state index in [1.807, 2.05) is 23.1 Å². The number of rotatable bonds is 5. The summed E-state index contributed by atoms with van der Waals surface area (Å²) >= 11 is 0. The van der Waals surface area contributed by atoms with E-state index < -0.39 is 22.0 Å². The molecule has 1 aliphatic heterocycles.